The van der Waals surface area contributed by atoms with Crippen molar-refractivity contribution in [1.82, 2.24) is 9.62 Å². The van der Waals surface area contributed by atoms with Gasteiger partial charge < -0.3 is 10.2 Å². The van der Waals surface area contributed by atoms with Crippen molar-refractivity contribution in [1.29, 1.82) is 0 Å². The number of rotatable bonds is 5. The quantitative estimate of drug-likeness (QED) is 0.698. The lowest BCUT2D eigenvalue weighted by atomic mass is 9.96. The van der Waals surface area contributed by atoms with E-state index in [1.54, 1.807) is 24.0 Å². The average Bonchev–Trinajstić information content (AvgIpc) is 2.83. The summed E-state index contributed by atoms with van der Waals surface area (Å²) < 4.78 is 27.1. The van der Waals surface area contributed by atoms with E-state index in [-0.39, 0.29) is 35.7 Å². The fraction of sp³-hybridized carbons (Fsp3) is 0.417. The highest BCUT2D eigenvalue weighted by molar-refractivity contribution is 7.89. The van der Waals surface area contributed by atoms with Crippen molar-refractivity contribution >= 4 is 39.1 Å². The van der Waals surface area contributed by atoms with Gasteiger partial charge in [-0.05, 0) is 68.5 Å². The molecule has 2 aromatic carbocycles. The molecular formula is C24H28ClN3O4S. The average molecular weight is 490 g/mol. The largest absolute Gasteiger partial charge is 0.344 e. The number of fused-ring (bicyclic) bond motifs is 1. The molecule has 0 saturated carbocycles. The highest BCUT2D eigenvalue weighted by Crippen LogP contribution is 2.28. The Kier molecular flexibility index (Phi) is 7.07. The maximum Gasteiger partial charge on any atom is 0.249 e. The zero-order chi connectivity index (χ0) is 23.6. The number of anilines is 1. The molecule has 33 heavy (non-hydrogen) atoms. The van der Waals surface area contributed by atoms with E-state index in [1.165, 1.54) is 16.4 Å². The van der Waals surface area contributed by atoms with Crippen LogP contribution in [-0.4, -0.2) is 50.2 Å². The molecule has 1 N–H and O–H groups in total. The van der Waals surface area contributed by atoms with Gasteiger partial charge in [0.15, 0.2) is 0 Å². The van der Waals surface area contributed by atoms with Crippen LogP contribution in [-0.2, 0) is 26.0 Å². The summed E-state index contributed by atoms with van der Waals surface area (Å²) >= 11 is 5.86. The molecule has 1 saturated heterocycles. The lowest BCUT2D eigenvalue weighted by Gasteiger charge is -2.33. The van der Waals surface area contributed by atoms with Crippen LogP contribution in [0.1, 0.15) is 31.7 Å². The Morgan fingerprint density at radius 3 is 2.39 bits per heavy atom. The van der Waals surface area contributed by atoms with E-state index < -0.39 is 16.1 Å². The van der Waals surface area contributed by atoms with E-state index in [9.17, 15) is 18.0 Å². The summed E-state index contributed by atoms with van der Waals surface area (Å²) in [7, 11) is -3.63. The summed E-state index contributed by atoms with van der Waals surface area (Å²) in [6, 6.07) is 13.3. The SMILES string of the molecule is C[C@H](NC(=O)C1CCN(S(=O)(=O)c2ccc(Cl)cc2)CC1)C(=O)N1CCCc2ccccc21. The van der Waals surface area contributed by atoms with Crippen molar-refractivity contribution in [2.75, 3.05) is 24.5 Å². The van der Waals surface area contributed by atoms with Gasteiger partial charge in [-0.1, -0.05) is 29.8 Å². The Hall–Kier alpha value is -2.42. The smallest absolute Gasteiger partial charge is 0.249 e. The van der Waals surface area contributed by atoms with Gasteiger partial charge >= 0.3 is 0 Å². The molecule has 0 spiro atoms. The first kappa shape index (κ1) is 23.7. The minimum absolute atomic E-state index is 0.127. The monoisotopic (exact) mass is 489 g/mol. The summed E-state index contributed by atoms with van der Waals surface area (Å²) in [4.78, 5) is 27.8. The third-order valence-corrected chi connectivity index (χ3v) is 8.55. The number of nitrogens with one attached hydrogen (secondary N) is 1. The summed E-state index contributed by atoms with van der Waals surface area (Å²) in [5.74, 6) is -0.659. The molecule has 2 amide bonds. The first-order valence-corrected chi connectivity index (χ1v) is 13.0. The zero-order valence-electron chi connectivity index (χ0n) is 18.5. The van der Waals surface area contributed by atoms with Crippen LogP contribution in [0.4, 0.5) is 5.69 Å². The molecule has 176 valence electrons. The van der Waals surface area contributed by atoms with Crippen LogP contribution in [0.15, 0.2) is 53.4 Å². The van der Waals surface area contributed by atoms with Crippen LogP contribution in [0.25, 0.3) is 0 Å². The zero-order valence-corrected chi connectivity index (χ0v) is 20.1. The number of hydrogen-bond acceptors (Lipinski definition) is 4. The molecule has 4 rings (SSSR count). The summed E-state index contributed by atoms with van der Waals surface area (Å²) in [5.41, 5.74) is 2.06. The number of sulfonamides is 1. The minimum atomic E-state index is -3.63. The molecule has 9 heteroatoms. The van der Waals surface area contributed by atoms with Gasteiger partial charge in [0.2, 0.25) is 21.8 Å². The number of para-hydroxylation sites is 1. The van der Waals surface area contributed by atoms with Gasteiger partial charge in [-0.15, -0.1) is 0 Å². The Bertz CT molecular complexity index is 1130. The van der Waals surface area contributed by atoms with E-state index in [4.69, 9.17) is 11.6 Å². The predicted molar refractivity (Wildman–Crippen MR) is 128 cm³/mol. The van der Waals surface area contributed by atoms with Crippen LogP contribution in [0.2, 0.25) is 5.02 Å². The second kappa shape index (κ2) is 9.83. The van der Waals surface area contributed by atoms with Crippen LogP contribution >= 0.6 is 11.6 Å². The Labute approximate surface area is 199 Å². The highest BCUT2D eigenvalue weighted by atomic mass is 35.5. The van der Waals surface area contributed by atoms with Crippen molar-refractivity contribution < 1.29 is 18.0 Å². The van der Waals surface area contributed by atoms with Crippen molar-refractivity contribution in [2.24, 2.45) is 5.92 Å². The molecule has 2 aliphatic heterocycles. The highest BCUT2D eigenvalue weighted by Gasteiger charge is 2.34. The van der Waals surface area contributed by atoms with E-state index in [0.717, 1.165) is 24.1 Å². The molecule has 2 aromatic rings. The number of nitrogens with zero attached hydrogens (tertiary/aromatic N) is 2. The van der Waals surface area contributed by atoms with Crippen LogP contribution in [0.3, 0.4) is 0 Å². The van der Waals surface area contributed by atoms with Crippen LogP contribution in [0.5, 0.6) is 0 Å². The standard InChI is InChI=1S/C24H28ClN3O4S/c1-17(24(30)28-14-4-6-18-5-2-3-7-22(18)28)26-23(29)19-12-15-27(16-13-19)33(31,32)21-10-8-20(25)9-11-21/h2-3,5,7-11,17,19H,4,6,12-16H2,1H3,(H,26,29)/t17-/m0/s1. The fourth-order valence-electron chi connectivity index (χ4n) is 4.50. The fourth-order valence-corrected chi connectivity index (χ4v) is 6.10. The van der Waals surface area contributed by atoms with Gasteiger partial charge in [-0.25, -0.2) is 8.42 Å². The molecule has 1 atom stereocenters. The second-order valence-electron chi connectivity index (χ2n) is 8.58. The number of piperidine rings is 1. The lowest BCUT2D eigenvalue weighted by molar-refractivity contribution is -0.130. The maximum atomic E-state index is 13.1. The Morgan fingerprint density at radius 2 is 1.70 bits per heavy atom. The molecule has 2 heterocycles. The third kappa shape index (κ3) is 5.08. The van der Waals surface area contributed by atoms with E-state index in [0.29, 0.717) is 24.4 Å². The maximum absolute atomic E-state index is 13.1. The van der Waals surface area contributed by atoms with Gasteiger partial charge in [0.25, 0.3) is 0 Å². The normalized spacial score (nSPS) is 18.4. The summed E-state index contributed by atoms with van der Waals surface area (Å²) in [6.07, 6.45) is 2.65. The number of aryl methyl sites for hydroxylation is 1. The molecule has 0 radical (unpaired) electrons. The van der Waals surface area contributed by atoms with Gasteiger partial charge in [-0.2, -0.15) is 4.31 Å². The Morgan fingerprint density at radius 1 is 1.03 bits per heavy atom. The molecule has 2 aliphatic rings. The van der Waals surface area contributed by atoms with Gasteiger partial charge in [0.1, 0.15) is 6.04 Å². The topological polar surface area (TPSA) is 86.8 Å². The van der Waals surface area contributed by atoms with Crippen LogP contribution < -0.4 is 10.2 Å². The first-order chi connectivity index (χ1) is 15.8. The van der Waals surface area contributed by atoms with E-state index >= 15 is 0 Å². The molecule has 0 aromatic heterocycles. The number of carbonyl (C=O) groups is 2. The van der Waals surface area contributed by atoms with Crippen molar-refractivity contribution in [3.63, 3.8) is 0 Å². The first-order valence-electron chi connectivity index (χ1n) is 11.2. The number of amides is 2. The van der Waals surface area contributed by atoms with Crippen molar-refractivity contribution in [3.05, 3.63) is 59.1 Å². The number of halogens is 1. The molecule has 0 bridgehead atoms. The third-order valence-electron chi connectivity index (χ3n) is 6.38. The summed E-state index contributed by atoms with van der Waals surface area (Å²) in [5, 5.41) is 3.33. The van der Waals surface area contributed by atoms with E-state index in [2.05, 4.69) is 5.32 Å². The number of hydrogen-bond donors (Lipinski definition) is 1. The van der Waals surface area contributed by atoms with E-state index in [1.807, 2.05) is 24.3 Å². The van der Waals surface area contributed by atoms with Crippen molar-refractivity contribution in [2.45, 2.75) is 43.5 Å². The second-order valence-corrected chi connectivity index (χ2v) is 11.0. The molecule has 7 nitrogen and oxygen atoms in total. The minimum Gasteiger partial charge on any atom is -0.344 e. The van der Waals surface area contributed by atoms with Gasteiger partial charge in [-0.3, -0.25) is 9.59 Å². The predicted octanol–water partition coefficient (Wildman–Crippen LogP) is 3.22. The van der Waals surface area contributed by atoms with Gasteiger partial charge in [0, 0.05) is 36.3 Å². The molecule has 0 unspecified atom stereocenters. The Balaban J connectivity index is 1.34. The summed E-state index contributed by atoms with van der Waals surface area (Å²) in [6.45, 7) is 2.85. The van der Waals surface area contributed by atoms with Crippen molar-refractivity contribution in [3.8, 4) is 0 Å². The lowest BCUT2D eigenvalue weighted by Crippen LogP contribution is -2.51. The van der Waals surface area contributed by atoms with Crippen LogP contribution in [0, 0.1) is 5.92 Å². The van der Waals surface area contributed by atoms with Gasteiger partial charge in [0.05, 0.1) is 4.90 Å². The molecule has 1 fully saturated rings. The number of benzene rings is 2. The molecular weight excluding hydrogens is 462 g/mol. The number of carbonyl (C=O) groups excluding carboxylic acids is 2. The molecule has 0 aliphatic carbocycles.